The third-order valence-electron chi connectivity index (χ3n) is 3.38. The van der Waals surface area contributed by atoms with Crippen molar-refractivity contribution in [3.63, 3.8) is 0 Å². The smallest absolute Gasteiger partial charge is 0.325 e. The van der Waals surface area contributed by atoms with E-state index >= 15 is 0 Å². The van der Waals surface area contributed by atoms with Crippen LogP contribution in [0.5, 0.6) is 0 Å². The van der Waals surface area contributed by atoms with E-state index in [1.54, 1.807) is 6.20 Å². The van der Waals surface area contributed by atoms with Crippen LogP contribution in [0.3, 0.4) is 0 Å². The van der Waals surface area contributed by atoms with Crippen molar-refractivity contribution >= 4 is 12.1 Å². The molecule has 0 aliphatic carbocycles. The lowest BCUT2D eigenvalue weighted by molar-refractivity contribution is 0.194. The number of imide groups is 1. The highest BCUT2D eigenvalue weighted by molar-refractivity contribution is 5.95. The average molecular weight is 249 g/mol. The predicted octanol–water partition coefficient (Wildman–Crippen LogP) is -0.0673. The first-order chi connectivity index (χ1) is 8.74. The van der Waals surface area contributed by atoms with E-state index in [2.05, 4.69) is 15.7 Å². The molecule has 1 atom stereocenters. The third-order valence-corrected chi connectivity index (χ3v) is 3.38. The second-order valence-electron chi connectivity index (χ2n) is 4.57. The lowest BCUT2D eigenvalue weighted by atomic mass is 10.0. The molecular formula is C11H15N5O2. The van der Waals surface area contributed by atoms with Crippen molar-refractivity contribution in [2.75, 3.05) is 13.1 Å². The van der Waals surface area contributed by atoms with E-state index in [0.29, 0.717) is 13.1 Å². The van der Waals surface area contributed by atoms with Crippen LogP contribution in [0.2, 0.25) is 0 Å². The molecule has 1 aromatic rings. The fourth-order valence-electron chi connectivity index (χ4n) is 2.41. The van der Waals surface area contributed by atoms with Crippen molar-refractivity contribution in [2.24, 2.45) is 0 Å². The number of carbonyl (C=O) groups is 2. The number of aryl methyl sites for hydroxylation is 1. The zero-order chi connectivity index (χ0) is 12.5. The summed E-state index contributed by atoms with van der Waals surface area (Å²) in [6.07, 6.45) is 3.38. The summed E-state index contributed by atoms with van der Waals surface area (Å²) < 4.78 is 1.95. The molecule has 0 bridgehead atoms. The van der Waals surface area contributed by atoms with Gasteiger partial charge in [-0.2, -0.15) is 5.10 Å². The minimum atomic E-state index is -0.312. The summed E-state index contributed by atoms with van der Waals surface area (Å²) in [5.41, 5.74) is 1.12. The minimum absolute atomic E-state index is 0.0788. The summed E-state index contributed by atoms with van der Waals surface area (Å²) in [6, 6.07) is 1.42. The topological polar surface area (TPSA) is 79.3 Å². The maximum absolute atomic E-state index is 11.9. The standard InChI is InChI=1S/C11H15N5O2/c17-10-12-4-6-15(10)11(18)14-8-2-5-16-9(7-8)1-3-13-16/h1,3,8H,2,4-7H2,(H,12,17)(H,14,18). The van der Waals surface area contributed by atoms with E-state index in [1.165, 1.54) is 4.90 Å². The number of nitrogens with one attached hydrogen (secondary N) is 2. The molecule has 4 amide bonds. The Bertz CT molecular complexity index is 484. The van der Waals surface area contributed by atoms with Gasteiger partial charge in [0.2, 0.25) is 0 Å². The summed E-state index contributed by atoms with van der Waals surface area (Å²) in [5.74, 6) is 0. The number of carbonyl (C=O) groups excluding carboxylic acids is 2. The Balaban J connectivity index is 1.61. The van der Waals surface area contributed by atoms with Gasteiger partial charge in [0.25, 0.3) is 0 Å². The first-order valence-corrected chi connectivity index (χ1v) is 6.10. The molecule has 0 saturated carbocycles. The highest BCUT2D eigenvalue weighted by Crippen LogP contribution is 2.14. The highest BCUT2D eigenvalue weighted by Gasteiger charge is 2.28. The number of hydrogen-bond acceptors (Lipinski definition) is 3. The summed E-state index contributed by atoms with van der Waals surface area (Å²) >= 11 is 0. The Kier molecular flexibility index (Phi) is 2.66. The van der Waals surface area contributed by atoms with Gasteiger partial charge < -0.3 is 10.6 Å². The Labute approximate surface area is 104 Å². The monoisotopic (exact) mass is 249 g/mol. The molecule has 0 spiro atoms. The van der Waals surface area contributed by atoms with Gasteiger partial charge in [0, 0.05) is 44.0 Å². The van der Waals surface area contributed by atoms with Crippen LogP contribution in [0.15, 0.2) is 12.3 Å². The molecule has 7 nitrogen and oxygen atoms in total. The van der Waals surface area contributed by atoms with Crippen molar-refractivity contribution < 1.29 is 9.59 Å². The lowest BCUT2D eigenvalue weighted by Crippen LogP contribution is -2.48. The van der Waals surface area contributed by atoms with Gasteiger partial charge in [-0.1, -0.05) is 0 Å². The molecular weight excluding hydrogens is 234 g/mol. The molecule has 2 aliphatic rings. The molecule has 2 aliphatic heterocycles. The van der Waals surface area contributed by atoms with Crippen molar-refractivity contribution in [1.29, 1.82) is 0 Å². The Morgan fingerprint density at radius 1 is 1.50 bits per heavy atom. The van der Waals surface area contributed by atoms with Gasteiger partial charge >= 0.3 is 12.1 Å². The predicted molar refractivity (Wildman–Crippen MR) is 63.0 cm³/mol. The zero-order valence-corrected chi connectivity index (χ0v) is 9.93. The molecule has 0 radical (unpaired) electrons. The number of fused-ring (bicyclic) bond motifs is 1. The van der Waals surface area contributed by atoms with Gasteiger partial charge in [0.15, 0.2) is 0 Å². The summed E-state index contributed by atoms with van der Waals surface area (Å²) in [5, 5.41) is 9.71. The largest absolute Gasteiger partial charge is 0.336 e. The lowest BCUT2D eigenvalue weighted by Gasteiger charge is -2.25. The van der Waals surface area contributed by atoms with Gasteiger partial charge in [-0.15, -0.1) is 0 Å². The van der Waals surface area contributed by atoms with E-state index < -0.39 is 0 Å². The second-order valence-corrected chi connectivity index (χ2v) is 4.57. The first-order valence-electron chi connectivity index (χ1n) is 6.10. The molecule has 96 valence electrons. The highest BCUT2D eigenvalue weighted by atomic mass is 16.2. The van der Waals surface area contributed by atoms with E-state index in [1.807, 2.05) is 10.7 Å². The molecule has 0 aromatic carbocycles. The van der Waals surface area contributed by atoms with Crippen molar-refractivity contribution in [3.05, 3.63) is 18.0 Å². The summed E-state index contributed by atoms with van der Waals surface area (Å²) in [7, 11) is 0. The van der Waals surface area contributed by atoms with Gasteiger partial charge in [0.05, 0.1) is 0 Å². The van der Waals surface area contributed by atoms with Crippen LogP contribution in [-0.2, 0) is 13.0 Å². The van der Waals surface area contributed by atoms with Crippen LogP contribution in [-0.4, -0.2) is 45.9 Å². The van der Waals surface area contributed by atoms with Crippen LogP contribution in [0.4, 0.5) is 9.59 Å². The maximum atomic E-state index is 11.9. The Morgan fingerprint density at radius 2 is 2.39 bits per heavy atom. The van der Waals surface area contributed by atoms with Crippen LogP contribution >= 0.6 is 0 Å². The van der Waals surface area contributed by atoms with E-state index in [0.717, 1.165) is 25.1 Å². The van der Waals surface area contributed by atoms with Crippen LogP contribution in [0.1, 0.15) is 12.1 Å². The maximum Gasteiger partial charge on any atom is 0.325 e. The number of amides is 4. The third kappa shape index (κ3) is 1.92. The van der Waals surface area contributed by atoms with Crippen molar-refractivity contribution in [2.45, 2.75) is 25.4 Å². The summed E-state index contributed by atoms with van der Waals surface area (Å²) in [4.78, 5) is 24.5. The number of hydrogen-bond donors (Lipinski definition) is 2. The molecule has 3 heterocycles. The SMILES string of the molecule is O=C1NCCN1C(=O)NC1CCn2nccc2C1. The fourth-order valence-corrected chi connectivity index (χ4v) is 2.41. The summed E-state index contributed by atoms with van der Waals surface area (Å²) in [6.45, 7) is 1.78. The quantitative estimate of drug-likeness (QED) is 0.731. The first kappa shape index (κ1) is 11.1. The van der Waals surface area contributed by atoms with E-state index in [4.69, 9.17) is 0 Å². The Hall–Kier alpha value is -2.05. The Morgan fingerprint density at radius 3 is 3.17 bits per heavy atom. The molecule has 2 N–H and O–H groups in total. The van der Waals surface area contributed by atoms with Crippen LogP contribution in [0, 0.1) is 0 Å². The van der Waals surface area contributed by atoms with E-state index in [9.17, 15) is 9.59 Å². The number of aromatic nitrogens is 2. The second kappa shape index (κ2) is 4.32. The number of nitrogens with zero attached hydrogens (tertiary/aromatic N) is 3. The van der Waals surface area contributed by atoms with Gasteiger partial charge in [-0.05, 0) is 12.5 Å². The van der Waals surface area contributed by atoms with Gasteiger partial charge in [-0.25, -0.2) is 14.5 Å². The molecule has 1 fully saturated rings. The number of urea groups is 2. The fraction of sp³-hybridized carbons (Fsp3) is 0.545. The average Bonchev–Trinajstić information content (AvgIpc) is 2.96. The molecule has 1 unspecified atom stereocenters. The normalized spacial score (nSPS) is 22.6. The zero-order valence-electron chi connectivity index (χ0n) is 9.93. The van der Waals surface area contributed by atoms with Gasteiger partial charge in [-0.3, -0.25) is 4.68 Å². The van der Waals surface area contributed by atoms with Crippen molar-refractivity contribution in [1.82, 2.24) is 25.3 Å². The molecule has 7 heteroatoms. The molecule has 1 aromatic heterocycles. The van der Waals surface area contributed by atoms with Crippen LogP contribution < -0.4 is 10.6 Å². The van der Waals surface area contributed by atoms with Crippen LogP contribution in [0.25, 0.3) is 0 Å². The molecule has 18 heavy (non-hydrogen) atoms. The van der Waals surface area contributed by atoms with Gasteiger partial charge in [0.1, 0.15) is 0 Å². The van der Waals surface area contributed by atoms with Crippen molar-refractivity contribution in [3.8, 4) is 0 Å². The van der Waals surface area contributed by atoms with E-state index in [-0.39, 0.29) is 18.1 Å². The molecule has 3 rings (SSSR count). The minimum Gasteiger partial charge on any atom is -0.336 e. The molecule has 1 saturated heterocycles. The number of rotatable bonds is 1.